The Morgan fingerprint density at radius 2 is 1.68 bits per heavy atom. The number of benzene rings is 2. The molecule has 0 spiro atoms. The number of amides is 1. The number of hydrogen-bond donors (Lipinski definition) is 2. The smallest absolute Gasteiger partial charge is 0.234 e. The largest absolute Gasteiger partial charge is 0.497 e. The molecule has 0 radical (unpaired) electrons. The van der Waals surface area contributed by atoms with Gasteiger partial charge >= 0.3 is 0 Å². The maximum Gasteiger partial charge on any atom is 0.234 e. The van der Waals surface area contributed by atoms with Crippen molar-refractivity contribution in [3.05, 3.63) is 48.0 Å². The van der Waals surface area contributed by atoms with Crippen LogP contribution in [0.5, 0.6) is 11.5 Å². The van der Waals surface area contributed by atoms with E-state index in [1.807, 2.05) is 12.1 Å². The topological polar surface area (TPSA) is 104 Å². The van der Waals surface area contributed by atoms with Crippen LogP contribution in [0.1, 0.15) is 26.3 Å². The van der Waals surface area contributed by atoms with Crippen molar-refractivity contribution in [2.75, 3.05) is 31.1 Å². The molecule has 0 aliphatic carbocycles. The van der Waals surface area contributed by atoms with Gasteiger partial charge in [0.1, 0.15) is 11.5 Å². The van der Waals surface area contributed by atoms with E-state index in [9.17, 15) is 4.79 Å². The number of methoxy groups -OCH3 is 2. The van der Waals surface area contributed by atoms with Crippen molar-refractivity contribution in [3.63, 3.8) is 0 Å². The van der Waals surface area contributed by atoms with Crippen molar-refractivity contribution in [1.29, 1.82) is 0 Å². The Kier molecular flexibility index (Phi) is 6.74. The normalized spacial score (nSPS) is 11.3. The zero-order valence-corrected chi connectivity index (χ0v) is 19.1. The molecule has 3 aromatic rings. The molecular formula is C22H27N5O3S. The number of thioether (sulfide) groups is 1. The zero-order valence-electron chi connectivity index (χ0n) is 18.3. The van der Waals surface area contributed by atoms with E-state index in [0.29, 0.717) is 28.2 Å². The standard InChI is InChI=1S/C22H27N5O3S/c1-22(2,3)15-8-6-14(7-9-15)20-25-26-21(27(20)23)31-13-19(28)24-16-10-17(29-4)12-18(11-16)30-5/h6-12H,13,23H2,1-5H3,(H,24,28). The van der Waals surface area contributed by atoms with Crippen LogP contribution in [-0.4, -0.2) is 40.8 Å². The summed E-state index contributed by atoms with van der Waals surface area (Å²) < 4.78 is 11.8. The van der Waals surface area contributed by atoms with E-state index in [-0.39, 0.29) is 17.1 Å². The van der Waals surface area contributed by atoms with Gasteiger partial charge in [0.25, 0.3) is 0 Å². The molecule has 8 nitrogen and oxygen atoms in total. The predicted molar refractivity (Wildman–Crippen MR) is 123 cm³/mol. The van der Waals surface area contributed by atoms with Gasteiger partial charge in [-0.3, -0.25) is 4.79 Å². The van der Waals surface area contributed by atoms with E-state index in [1.165, 1.54) is 22.0 Å². The van der Waals surface area contributed by atoms with Crippen molar-refractivity contribution < 1.29 is 14.3 Å². The van der Waals surface area contributed by atoms with E-state index in [0.717, 1.165) is 5.56 Å². The Morgan fingerprint density at radius 3 is 2.23 bits per heavy atom. The zero-order chi connectivity index (χ0) is 22.6. The Labute approximate surface area is 186 Å². The van der Waals surface area contributed by atoms with Gasteiger partial charge in [-0.15, -0.1) is 10.2 Å². The number of nitrogens with two attached hydrogens (primary N) is 1. The number of carbonyl (C=O) groups excluding carboxylic acids is 1. The summed E-state index contributed by atoms with van der Waals surface area (Å²) in [6.45, 7) is 6.48. The van der Waals surface area contributed by atoms with Crippen LogP contribution in [0.4, 0.5) is 5.69 Å². The van der Waals surface area contributed by atoms with Crippen LogP contribution in [-0.2, 0) is 10.2 Å². The van der Waals surface area contributed by atoms with Crippen LogP contribution in [0.25, 0.3) is 11.4 Å². The van der Waals surface area contributed by atoms with Crippen molar-refractivity contribution in [1.82, 2.24) is 14.9 Å². The second-order valence-electron chi connectivity index (χ2n) is 7.94. The molecule has 2 aromatic carbocycles. The number of anilines is 1. The van der Waals surface area contributed by atoms with Crippen molar-refractivity contribution >= 4 is 23.4 Å². The van der Waals surface area contributed by atoms with Gasteiger partial charge in [-0.1, -0.05) is 56.8 Å². The molecule has 1 heterocycles. The number of ether oxygens (including phenoxy) is 2. The fourth-order valence-corrected chi connectivity index (χ4v) is 3.55. The summed E-state index contributed by atoms with van der Waals surface area (Å²) in [5.74, 6) is 7.81. The van der Waals surface area contributed by atoms with Gasteiger partial charge in [0, 0.05) is 29.4 Å². The van der Waals surface area contributed by atoms with Crippen molar-refractivity contribution in [2.24, 2.45) is 0 Å². The Morgan fingerprint density at radius 1 is 1.06 bits per heavy atom. The summed E-state index contributed by atoms with van der Waals surface area (Å²) in [6.07, 6.45) is 0. The maximum atomic E-state index is 12.4. The van der Waals surface area contributed by atoms with Gasteiger partial charge in [-0.05, 0) is 11.0 Å². The number of carbonyl (C=O) groups is 1. The van der Waals surface area contributed by atoms with Gasteiger partial charge < -0.3 is 20.6 Å². The van der Waals surface area contributed by atoms with Gasteiger partial charge in [0.05, 0.1) is 20.0 Å². The first kappa shape index (κ1) is 22.5. The molecule has 0 saturated heterocycles. The summed E-state index contributed by atoms with van der Waals surface area (Å²) in [5, 5.41) is 11.6. The lowest BCUT2D eigenvalue weighted by Gasteiger charge is -2.19. The molecule has 9 heteroatoms. The number of aromatic nitrogens is 3. The van der Waals surface area contributed by atoms with Crippen LogP contribution >= 0.6 is 11.8 Å². The highest BCUT2D eigenvalue weighted by molar-refractivity contribution is 7.99. The quantitative estimate of drug-likeness (QED) is 0.425. The van der Waals surface area contributed by atoms with Crippen molar-refractivity contribution in [3.8, 4) is 22.9 Å². The summed E-state index contributed by atoms with van der Waals surface area (Å²) in [5.41, 5.74) is 2.73. The summed E-state index contributed by atoms with van der Waals surface area (Å²) >= 11 is 1.21. The van der Waals surface area contributed by atoms with E-state index in [2.05, 4.69) is 48.4 Å². The second-order valence-corrected chi connectivity index (χ2v) is 8.88. The Hall–Kier alpha value is -3.20. The fourth-order valence-electron chi connectivity index (χ4n) is 2.90. The first-order chi connectivity index (χ1) is 14.7. The van der Waals surface area contributed by atoms with E-state index in [1.54, 1.807) is 32.4 Å². The third-order valence-electron chi connectivity index (χ3n) is 4.64. The number of nitrogen functional groups attached to an aromatic ring is 1. The number of nitrogens with zero attached hydrogens (tertiary/aromatic N) is 3. The Bertz CT molecular complexity index is 1040. The molecule has 1 amide bonds. The first-order valence-corrected chi connectivity index (χ1v) is 10.7. The highest BCUT2D eigenvalue weighted by Crippen LogP contribution is 2.28. The molecule has 0 saturated carbocycles. The second kappa shape index (κ2) is 9.30. The molecule has 0 atom stereocenters. The van der Waals surface area contributed by atoms with Gasteiger partial charge in [-0.25, -0.2) is 4.68 Å². The minimum atomic E-state index is -0.209. The molecule has 0 aliphatic rings. The van der Waals surface area contributed by atoms with Crippen LogP contribution in [0.3, 0.4) is 0 Å². The van der Waals surface area contributed by atoms with Gasteiger partial charge in [0.15, 0.2) is 5.82 Å². The third kappa shape index (κ3) is 5.49. The minimum Gasteiger partial charge on any atom is -0.497 e. The maximum absolute atomic E-state index is 12.4. The molecule has 0 aliphatic heterocycles. The highest BCUT2D eigenvalue weighted by Gasteiger charge is 2.17. The minimum absolute atomic E-state index is 0.0656. The Balaban J connectivity index is 1.65. The summed E-state index contributed by atoms with van der Waals surface area (Å²) in [7, 11) is 3.11. The fraction of sp³-hybridized carbons (Fsp3) is 0.318. The molecule has 1 aromatic heterocycles. The molecular weight excluding hydrogens is 414 g/mol. The van der Waals surface area contributed by atoms with Gasteiger partial charge in [0.2, 0.25) is 11.1 Å². The number of rotatable bonds is 7. The molecule has 0 unspecified atom stereocenters. The van der Waals surface area contributed by atoms with E-state index < -0.39 is 0 Å². The summed E-state index contributed by atoms with van der Waals surface area (Å²) in [4.78, 5) is 12.4. The molecule has 3 rings (SSSR count). The van der Waals surface area contributed by atoms with E-state index in [4.69, 9.17) is 15.3 Å². The molecule has 3 N–H and O–H groups in total. The van der Waals surface area contributed by atoms with Crippen LogP contribution in [0.2, 0.25) is 0 Å². The van der Waals surface area contributed by atoms with Crippen LogP contribution in [0.15, 0.2) is 47.6 Å². The number of hydrogen-bond acceptors (Lipinski definition) is 7. The molecule has 0 fully saturated rings. The average Bonchev–Trinajstić information content (AvgIpc) is 3.11. The van der Waals surface area contributed by atoms with Crippen LogP contribution in [0, 0.1) is 0 Å². The monoisotopic (exact) mass is 441 g/mol. The first-order valence-electron chi connectivity index (χ1n) is 9.68. The summed E-state index contributed by atoms with van der Waals surface area (Å²) in [6, 6.07) is 13.2. The van der Waals surface area contributed by atoms with Gasteiger partial charge in [-0.2, -0.15) is 0 Å². The highest BCUT2D eigenvalue weighted by atomic mass is 32.2. The lowest BCUT2D eigenvalue weighted by Crippen LogP contribution is -2.16. The number of nitrogens with one attached hydrogen (secondary N) is 1. The average molecular weight is 442 g/mol. The van der Waals surface area contributed by atoms with E-state index >= 15 is 0 Å². The lowest BCUT2D eigenvalue weighted by molar-refractivity contribution is -0.113. The van der Waals surface area contributed by atoms with Crippen LogP contribution < -0.4 is 20.6 Å². The SMILES string of the molecule is COc1cc(NC(=O)CSc2nnc(-c3ccc(C(C)(C)C)cc3)n2N)cc(OC)c1. The third-order valence-corrected chi connectivity index (χ3v) is 5.58. The van der Waals surface area contributed by atoms with Crippen molar-refractivity contribution in [2.45, 2.75) is 31.3 Å². The molecule has 31 heavy (non-hydrogen) atoms. The molecule has 164 valence electrons. The lowest BCUT2D eigenvalue weighted by atomic mass is 9.87. The molecule has 0 bridgehead atoms. The predicted octanol–water partition coefficient (Wildman–Crippen LogP) is 3.70.